The molecule has 1 aliphatic rings. The van der Waals surface area contributed by atoms with Crippen molar-refractivity contribution in [2.45, 2.75) is 40.0 Å². The van der Waals surface area contributed by atoms with E-state index in [0.717, 1.165) is 42.3 Å². The highest BCUT2D eigenvalue weighted by atomic mass is 16.5. The van der Waals surface area contributed by atoms with Crippen molar-refractivity contribution in [2.75, 3.05) is 26.2 Å². The first-order valence-corrected chi connectivity index (χ1v) is 9.57. The molecule has 0 bridgehead atoms. The number of likely N-dealkylation sites (tertiary alicyclic amines) is 1. The first-order valence-electron chi connectivity index (χ1n) is 9.57. The van der Waals surface area contributed by atoms with Crippen molar-refractivity contribution < 1.29 is 9.15 Å². The molecule has 1 aromatic carbocycles. The van der Waals surface area contributed by atoms with E-state index in [9.17, 15) is 4.79 Å². The van der Waals surface area contributed by atoms with E-state index in [1.54, 1.807) is 0 Å². The van der Waals surface area contributed by atoms with E-state index in [1.807, 2.05) is 18.2 Å². The van der Waals surface area contributed by atoms with Crippen LogP contribution >= 0.6 is 0 Å². The lowest BCUT2D eigenvalue weighted by atomic mass is 10.0. The molecule has 2 heterocycles. The quantitative estimate of drug-likeness (QED) is 0.568. The van der Waals surface area contributed by atoms with Gasteiger partial charge in [-0.25, -0.2) is 4.79 Å². The summed E-state index contributed by atoms with van der Waals surface area (Å²) in [5, 5.41) is 0.930. The maximum absolute atomic E-state index is 11.7. The van der Waals surface area contributed by atoms with Gasteiger partial charge in [0.1, 0.15) is 17.9 Å². The summed E-state index contributed by atoms with van der Waals surface area (Å²) < 4.78 is 11.6. The molecule has 0 spiro atoms. The molecule has 0 amide bonds. The van der Waals surface area contributed by atoms with E-state index < -0.39 is 0 Å². The van der Waals surface area contributed by atoms with E-state index in [1.165, 1.54) is 24.5 Å². The third kappa shape index (κ3) is 4.76. The Balaban J connectivity index is 1.78. The molecule has 140 valence electrons. The number of ether oxygens (including phenoxy) is 1. The van der Waals surface area contributed by atoms with E-state index in [-0.39, 0.29) is 5.63 Å². The van der Waals surface area contributed by atoms with Crippen molar-refractivity contribution in [1.82, 2.24) is 4.90 Å². The fraction of sp³-hybridized carbons (Fsp3) is 0.500. The van der Waals surface area contributed by atoms with Crippen molar-refractivity contribution in [1.29, 1.82) is 0 Å². The summed E-state index contributed by atoms with van der Waals surface area (Å²) in [7, 11) is 0. The number of benzene rings is 1. The zero-order chi connectivity index (χ0) is 18.5. The Morgan fingerprint density at radius 3 is 2.88 bits per heavy atom. The first kappa shape index (κ1) is 18.7. The minimum absolute atomic E-state index is 0.324. The van der Waals surface area contributed by atoms with Crippen LogP contribution in [0.15, 0.2) is 45.1 Å². The lowest BCUT2D eigenvalue weighted by molar-refractivity contribution is 0.153. The molecule has 4 heteroatoms. The minimum Gasteiger partial charge on any atom is -0.492 e. The molecule has 1 aromatic heterocycles. The largest absolute Gasteiger partial charge is 0.492 e. The van der Waals surface area contributed by atoms with Gasteiger partial charge in [0.15, 0.2) is 0 Å². The average Bonchev–Trinajstić information content (AvgIpc) is 2.60. The lowest BCUT2D eigenvalue weighted by Gasteiger charge is -2.30. The van der Waals surface area contributed by atoms with E-state index in [4.69, 9.17) is 9.15 Å². The van der Waals surface area contributed by atoms with E-state index in [0.29, 0.717) is 18.6 Å². The molecule has 2 aromatic rings. The van der Waals surface area contributed by atoms with Crippen LogP contribution in [0.1, 0.15) is 39.2 Å². The predicted octanol–water partition coefficient (Wildman–Crippen LogP) is 4.41. The molecule has 26 heavy (non-hydrogen) atoms. The molecule has 4 nitrogen and oxygen atoms in total. The second-order valence-electron chi connectivity index (χ2n) is 7.60. The van der Waals surface area contributed by atoms with E-state index in [2.05, 4.69) is 31.7 Å². The van der Waals surface area contributed by atoms with Crippen LogP contribution < -0.4 is 10.4 Å². The van der Waals surface area contributed by atoms with Gasteiger partial charge in [-0.15, -0.1) is 0 Å². The fourth-order valence-corrected chi connectivity index (χ4v) is 3.58. The van der Waals surface area contributed by atoms with Crippen molar-refractivity contribution in [3.63, 3.8) is 0 Å². The Bertz CT molecular complexity index is 833. The summed E-state index contributed by atoms with van der Waals surface area (Å²) >= 11 is 0. The molecule has 1 unspecified atom stereocenters. The Kier molecular flexibility index (Phi) is 6.15. The Morgan fingerprint density at radius 2 is 2.12 bits per heavy atom. The summed E-state index contributed by atoms with van der Waals surface area (Å²) in [6.45, 7) is 10.3. The maximum atomic E-state index is 11.7. The number of piperidine rings is 1. The molecule has 0 aliphatic carbocycles. The third-order valence-corrected chi connectivity index (χ3v) is 4.97. The van der Waals surface area contributed by atoms with Crippen molar-refractivity contribution in [2.24, 2.45) is 5.92 Å². The van der Waals surface area contributed by atoms with Gasteiger partial charge in [0, 0.05) is 30.1 Å². The number of hydrogen-bond acceptors (Lipinski definition) is 4. The normalized spacial score (nSPS) is 18.0. The van der Waals surface area contributed by atoms with Gasteiger partial charge in [-0.3, -0.25) is 4.90 Å². The van der Waals surface area contributed by atoms with Crippen molar-refractivity contribution in [3.05, 3.63) is 51.9 Å². The van der Waals surface area contributed by atoms with Crippen LogP contribution in [-0.4, -0.2) is 31.1 Å². The highest BCUT2D eigenvalue weighted by molar-refractivity contribution is 5.82. The second-order valence-corrected chi connectivity index (χ2v) is 7.60. The van der Waals surface area contributed by atoms with Gasteiger partial charge >= 0.3 is 5.63 Å². The molecule has 0 radical (unpaired) electrons. The van der Waals surface area contributed by atoms with Gasteiger partial charge in [0.2, 0.25) is 0 Å². The zero-order valence-corrected chi connectivity index (χ0v) is 16.1. The molecule has 1 saturated heterocycles. The van der Waals surface area contributed by atoms with Crippen LogP contribution in [0.2, 0.25) is 0 Å². The predicted molar refractivity (Wildman–Crippen MR) is 106 cm³/mol. The second kappa shape index (κ2) is 8.54. The highest BCUT2D eigenvalue weighted by Gasteiger charge is 2.16. The van der Waals surface area contributed by atoms with Crippen LogP contribution in [0.25, 0.3) is 11.0 Å². The van der Waals surface area contributed by atoms with Gasteiger partial charge < -0.3 is 9.15 Å². The van der Waals surface area contributed by atoms with Gasteiger partial charge in [-0.1, -0.05) is 18.6 Å². The van der Waals surface area contributed by atoms with Crippen LogP contribution in [0.3, 0.4) is 0 Å². The Hall–Kier alpha value is -2.07. The summed E-state index contributed by atoms with van der Waals surface area (Å²) in [6.07, 6.45) is 5.44. The van der Waals surface area contributed by atoms with Gasteiger partial charge in [0.05, 0.1) is 0 Å². The number of fused-ring (bicyclic) bond motifs is 1. The van der Waals surface area contributed by atoms with E-state index >= 15 is 0 Å². The maximum Gasteiger partial charge on any atom is 0.336 e. The van der Waals surface area contributed by atoms with Crippen molar-refractivity contribution >= 4 is 11.0 Å². The average molecular weight is 355 g/mol. The van der Waals surface area contributed by atoms with Crippen LogP contribution in [0.5, 0.6) is 5.75 Å². The molecule has 1 aliphatic heterocycles. The molecule has 0 N–H and O–H groups in total. The standard InChI is InChI=1S/C22H29NO3/c1-16(2)6-9-19-20(10-7-18-8-11-21(24)26-22(18)19)25-14-13-23-12-4-5-17(3)15-23/h6-8,10-11,17H,4-5,9,12-15H2,1-3H3. The number of nitrogens with zero attached hydrogens (tertiary/aromatic N) is 1. The van der Waals surface area contributed by atoms with Crippen LogP contribution in [0, 0.1) is 5.92 Å². The molecule has 0 saturated carbocycles. The van der Waals surface area contributed by atoms with Crippen LogP contribution in [-0.2, 0) is 6.42 Å². The third-order valence-electron chi connectivity index (χ3n) is 4.97. The number of rotatable bonds is 6. The molecule has 1 fully saturated rings. The Morgan fingerprint density at radius 1 is 1.31 bits per heavy atom. The first-order chi connectivity index (χ1) is 12.5. The number of allylic oxidation sites excluding steroid dienone is 2. The topological polar surface area (TPSA) is 42.7 Å². The Labute approximate surface area is 155 Å². The fourth-order valence-electron chi connectivity index (χ4n) is 3.58. The lowest BCUT2D eigenvalue weighted by Crippen LogP contribution is -2.37. The molecule has 1 atom stereocenters. The summed E-state index contributed by atoms with van der Waals surface area (Å²) in [5.41, 5.74) is 2.50. The highest BCUT2D eigenvalue weighted by Crippen LogP contribution is 2.28. The van der Waals surface area contributed by atoms with Crippen LogP contribution in [0.4, 0.5) is 0 Å². The van der Waals surface area contributed by atoms with Gasteiger partial charge in [-0.2, -0.15) is 0 Å². The summed E-state index contributed by atoms with van der Waals surface area (Å²) in [4.78, 5) is 14.2. The monoisotopic (exact) mass is 355 g/mol. The number of hydrogen-bond donors (Lipinski definition) is 0. The molecular weight excluding hydrogens is 326 g/mol. The molecular formula is C22H29NO3. The summed E-state index contributed by atoms with van der Waals surface area (Å²) in [5.74, 6) is 1.58. The SMILES string of the molecule is CC(C)=CCc1c(OCCN2CCCC(C)C2)ccc2ccc(=O)oc12. The van der Waals surface area contributed by atoms with Gasteiger partial charge in [-0.05, 0) is 63.8 Å². The zero-order valence-electron chi connectivity index (χ0n) is 16.1. The minimum atomic E-state index is -0.324. The summed E-state index contributed by atoms with van der Waals surface area (Å²) in [6, 6.07) is 7.23. The smallest absolute Gasteiger partial charge is 0.336 e. The van der Waals surface area contributed by atoms with Crippen molar-refractivity contribution in [3.8, 4) is 5.75 Å². The van der Waals surface area contributed by atoms with Gasteiger partial charge in [0.25, 0.3) is 0 Å². The molecule has 3 rings (SSSR count).